The number of anilines is 1. The molecular formula is C25H28N4O4S. The van der Waals surface area contributed by atoms with Crippen LogP contribution >= 0.6 is 0 Å². The van der Waals surface area contributed by atoms with E-state index < -0.39 is 10.0 Å². The van der Waals surface area contributed by atoms with E-state index in [2.05, 4.69) is 22.4 Å². The highest BCUT2D eigenvalue weighted by Crippen LogP contribution is 2.39. The number of hydrogen-bond donors (Lipinski definition) is 1. The maximum Gasteiger partial charge on any atom is 0.243 e. The van der Waals surface area contributed by atoms with Gasteiger partial charge in [-0.15, -0.1) is 0 Å². The van der Waals surface area contributed by atoms with Gasteiger partial charge in [0, 0.05) is 36.2 Å². The first-order chi connectivity index (χ1) is 16.4. The summed E-state index contributed by atoms with van der Waals surface area (Å²) in [6.07, 6.45) is 4.07. The Labute approximate surface area is 199 Å². The lowest BCUT2D eigenvalue weighted by molar-refractivity contribution is -0.120. The maximum atomic E-state index is 13.1. The second-order valence-corrected chi connectivity index (χ2v) is 10.9. The van der Waals surface area contributed by atoms with Gasteiger partial charge in [0.05, 0.1) is 4.90 Å². The van der Waals surface area contributed by atoms with Gasteiger partial charge in [-0.25, -0.2) is 8.42 Å². The number of amides is 1. The molecule has 1 N–H and O–H groups in total. The summed E-state index contributed by atoms with van der Waals surface area (Å²) in [6, 6.07) is 14.4. The highest BCUT2D eigenvalue weighted by Gasteiger charge is 2.33. The molecular weight excluding hydrogens is 452 g/mol. The number of benzene rings is 2. The van der Waals surface area contributed by atoms with Crippen LogP contribution in [0, 0.1) is 5.92 Å². The average molecular weight is 481 g/mol. The van der Waals surface area contributed by atoms with Crippen molar-refractivity contribution in [1.82, 2.24) is 14.4 Å². The summed E-state index contributed by atoms with van der Waals surface area (Å²) < 4.78 is 33.0. The topological polar surface area (TPSA) is 105 Å². The molecule has 0 unspecified atom stereocenters. The third-order valence-electron chi connectivity index (χ3n) is 6.57. The van der Waals surface area contributed by atoms with Crippen LogP contribution in [0.25, 0.3) is 11.4 Å². The van der Waals surface area contributed by atoms with Gasteiger partial charge in [0.1, 0.15) is 0 Å². The van der Waals surface area contributed by atoms with Gasteiger partial charge in [0.15, 0.2) is 0 Å². The number of aryl methyl sites for hydroxylation is 1. The molecule has 1 aliphatic heterocycles. The number of rotatable bonds is 7. The van der Waals surface area contributed by atoms with Crippen LogP contribution in [0.15, 0.2) is 57.9 Å². The van der Waals surface area contributed by atoms with Gasteiger partial charge in [0.2, 0.25) is 27.6 Å². The lowest BCUT2D eigenvalue weighted by atomic mass is 9.97. The van der Waals surface area contributed by atoms with E-state index in [1.54, 1.807) is 24.3 Å². The van der Waals surface area contributed by atoms with Gasteiger partial charge in [0.25, 0.3) is 0 Å². The minimum Gasteiger partial charge on any atom is -0.339 e. The normalized spacial score (nSPS) is 17.6. The van der Waals surface area contributed by atoms with E-state index in [1.807, 2.05) is 24.3 Å². The molecule has 34 heavy (non-hydrogen) atoms. The van der Waals surface area contributed by atoms with Crippen molar-refractivity contribution in [1.29, 1.82) is 0 Å². The Morgan fingerprint density at radius 2 is 1.71 bits per heavy atom. The Morgan fingerprint density at radius 1 is 1.03 bits per heavy atom. The third-order valence-corrected chi connectivity index (χ3v) is 8.49. The van der Waals surface area contributed by atoms with Crippen LogP contribution in [0.1, 0.15) is 50.0 Å². The zero-order chi connectivity index (χ0) is 23.7. The molecule has 2 heterocycles. The smallest absolute Gasteiger partial charge is 0.243 e. The number of carbonyl (C=O) groups is 1. The molecule has 0 spiro atoms. The fraction of sp³-hybridized carbons (Fsp3) is 0.400. The lowest BCUT2D eigenvalue weighted by Gasteiger charge is -2.30. The average Bonchev–Trinajstić information content (AvgIpc) is 3.61. The highest BCUT2D eigenvalue weighted by atomic mass is 32.2. The molecule has 2 aromatic carbocycles. The van der Waals surface area contributed by atoms with E-state index in [9.17, 15) is 13.2 Å². The molecule has 2 fully saturated rings. The van der Waals surface area contributed by atoms with Gasteiger partial charge < -0.3 is 9.84 Å². The second kappa shape index (κ2) is 9.31. The standard InChI is InChI=1S/C25H28N4O4S/c1-2-17-3-9-21(10-4-17)26-24(30)19-13-15-29(16-14-19)34(31,32)22-11-7-18(8-12-22)23-27-25(33-28-23)20-5-6-20/h3-4,7-12,19-20H,2,5-6,13-16H2,1H3,(H,26,30). The van der Waals surface area contributed by atoms with Crippen molar-refractivity contribution in [2.24, 2.45) is 5.92 Å². The summed E-state index contributed by atoms with van der Waals surface area (Å²) in [5.74, 6) is 1.22. The molecule has 1 aromatic heterocycles. The Balaban J connectivity index is 1.19. The third kappa shape index (κ3) is 4.76. The predicted molar refractivity (Wildman–Crippen MR) is 128 cm³/mol. The van der Waals surface area contributed by atoms with Crippen molar-refractivity contribution >= 4 is 21.6 Å². The SMILES string of the molecule is CCc1ccc(NC(=O)C2CCN(S(=O)(=O)c3ccc(-c4noc(C5CC5)n4)cc3)CC2)cc1. The van der Waals surface area contributed by atoms with Crippen LogP contribution < -0.4 is 5.32 Å². The molecule has 5 rings (SSSR count). The number of piperidine rings is 1. The Kier molecular flexibility index (Phi) is 6.22. The van der Waals surface area contributed by atoms with E-state index >= 15 is 0 Å². The largest absolute Gasteiger partial charge is 0.339 e. The number of aromatic nitrogens is 2. The molecule has 1 amide bonds. The van der Waals surface area contributed by atoms with Crippen molar-refractivity contribution < 1.29 is 17.7 Å². The van der Waals surface area contributed by atoms with E-state index in [0.29, 0.717) is 43.6 Å². The lowest BCUT2D eigenvalue weighted by Crippen LogP contribution is -2.41. The number of sulfonamides is 1. The van der Waals surface area contributed by atoms with E-state index in [4.69, 9.17) is 4.52 Å². The van der Waals surface area contributed by atoms with Crippen molar-refractivity contribution in [3.05, 3.63) is 60.0 Å². The van der Waals surface area contributed by atoms with E-state index in [0.717, 1.165) is 30.5 Å². The number of nitrogens with zero attached hydrogens (tertiary/aromatic N) is 3. The minimum atomic E-state index is -3.64. The van der Waals surface area contributed by atoms with Crippen molar-refractivity contribution in [2.75, 3.05) is 18.4 Å². The fourth-order valence-electron chi connectivity index (χ4n) is 4.20. The molecule has 1 aliphatic carbocycles. The number of nitrogens with one attached hydrogen (secondary N) is 1. The molecule has 2 aliphatic rings. The predicted octanol–water partition coefficient (Wildman–Crippen LogP) is 4.22. The van der Waals surface area contributed by atoms with Gasteiger partial charge in [-0.05, 0) is 74.1 Å². The van der Waals surface area contributed by atoms with Gasteiger partial charge in [-0.1, -0.05) is 24.2 Å². The highest BCUT2D eigenvalue weighted by molar-refractivity contribution is 7.89. The van der Waals surface area contributed by atoms with Gasteiger partial charge in [-0.2, -0.15) is 9.29 Å². The van der Waals surface area contributed by atoms with Crippen LogP contribution in [0.2, 0.25) is 0 Å². The summed E-state index contributed by atoms with van der Waals surface area (Å²) in [7, 11) is -3.64. The van der Waals surface area contributed by atoms with E-state index in [-0.39, 0.29) is 16.7 Å². The number of carbonyl (C=O) groups excluding carboxylic acids is 1. The molecule has 178 valence electrons. The molecule has 8 nitrogen and oxygen atoms in total. The zero-order valence-electron chi connectivity index (χ0n) is 19.1. The Hall–Kier alpha value is -3.04. The minimum absolute atomic E-state index is 0.0590. The van der Waals surface area contributed by atoms with Crippen molar-refractivity contribution in [3.63, 3.8) is 0 Å². The Bertz CT molecular complexity index is 1260. The number of hydrogen-bond acceptors (Lipinski definition) is 6. The monoisotopic (exact) mass is 480 g/mol. The summed E-state index contributed by atoms with van der Waals surface area (Å²) in [4.78, 5) is 17.3. The van der Waals surface area contributed by atoms with Crippen molar-refractivity contribution in [3.8, 4) is 11.4 Å². The first-order valence-corrected chi connectivity index (χ1v) is 13.2. The molecule has 0 bridgehead atoms. The Morgan fingerprint density at radius 3 is 2.32 bits per heavy atom. The van der Waals surface area contributed by atoms with Crippen LogP contribution in [-0.2, 0) is 21.2 Å². The first kappa shape index (κ1) is 22.7. The molecule has 0 atom stereocenters. The zero-order valence-corrected chi connectivity index (χ0v) is 19.9. The summed E-state index contributed by atoms with van der Waals surface area (Å²) in [6.45, 7) is 2.71. The fourth-order valence-corrected chi connectivity index (χ4v) is 5.67. The molecule has 1 saturated carbocycles. The quantitative estimate of drug-likeness (QED) is 0.543. The van der Waals surface area contributed by atoms with Crippen LogP contribution in [0.4, 0.5) is 5.69 Å². The van der Waals surface area contributed by atoms with Gasteiger partial charge >= 0.3 is 0 Å². The molecule has 0 radical (unpaired) electrons. The van der Waals surface area contributed by atoms with Crippen molar-refractivity contribution in [2.45, 2.75) is 49.8 Å². The summed E-state index contributed by atoms with van der Waals surface area (Å²) >= 11 is 0. The van der Waals surface area contributed by atoms with E-state index in [1.165, 1.54) is 9.87 Å². The molecule has 1 saturated heterocycles. The molecule has 9 heteroatoms. The molecule has 3 aromatic rings. The van der Waals surface area contributed by atoms with Gasteiger partial charge in [-0.3, -0.25) is 4.79 Å². The van der Waals surface area contributed by atoms with Crippen LogP contribution in [0.5, 0.6) is 0 Å². The van der Waals surface area contributed by atoms with Crippen LogP contribution in [-0.4, -0.2) is 41.9 Å². The summed E-state index contributed by atoms with van der Waals surface area (Å²) in [5.41, 5.74) is 2.70. The maximum absolute atomic E-state index is 13.1. The van der Waals surface area contributed by atoms with Crippen LogP contribution in [0.3, 0.4) is 0 Å². The summed E-state index contributed by atoms with van der Waals surface area (Å²) in [5, 5.41) is 6.96. The second-order valence-electron chi connectivity index (χ2n) is 8.97. The first-order valence-electron chi connectivity index (χ1n) is 11.8.